The van der Waals surface area contributed by atoms with Crippen molar-refractivity contribution in [3.05, 3.63) is 58.8 Å². The van der Waals surface area contributed by atoms with E-state index in [0.717, 1.165) is 15.8 Å². The van der Waals surface area contributed by atoms with Gasteiger partial charge in [-0.2, -0.15) is 0 Å². The van der Waals surface area contributed by atoms with E-state index in [0.29, 0.717) is 0 Å². The molecule has 0 amide bonds. The number of hydrogen-bond acceptors (Lipinski definition) is 3. The summed E-state index contributed by atoms with van der Waals surface area (Å²) in [5.74, 6) is 0.788. The van der Waals surface area contributed by atoms with Crippen molar-refractivity contribution in [1.82, 2.24) is 4.98 Å². The summed E-state index contributed by atoms with van der Waals surface area (Å²) in [6.45, 7) is 1.93. The molecule has 0 bridgehead atoms. The molecule has 0 spiro atoms. The van der Waals surface area contributed by atoms with Gasteiger partial charge in [0.25, 0.3) is 0 Å². The van der Waals surface area contributed by atoms with Gasteiger partial charge in [0, 0.05) is 28.5 Å². The molecular weight excluding hydrogens is 292 g/mol. The summed E-state index contributed by atoms with van der Waals surface area (Å²) in [6.07, 6.45) is 3.32. The van der Waals surface area contributed by atoms with Gasteiger partial charge in [-0.25, -0.2) is 0 Å². The number of pyridine rings is 1. The second kappa shape index (κ2) is 5.98. The number of halogens is 1. The highest BCUT2D eigenvalue weighted by molar-refractivity contribution is 9.10. The maximum absolute atomic E-state index is 5.99. The van der Waals surface area contributed by atoms with Crippen molar-refractivity contribution in [2.45, 2.75) is 19.1 Å². The number of benzene rings is 1. The normalized spacial score (nSPS) is 13.9. The van der Waals surface area contributed by atoms with Gasteiger partial charge in [-0.3, -0.25) is 4.98 Å². The number of aromatic nitrogens is 1. The summed E-state index contributed by atoms with van der Waals surface area (Å²) in [5.41, 5.74) is 6.97. The zero-order valence-electron chi connectivity index (χ0n) is 10.1. The van der Waals surface area contributed by atoms with Gasteiger partial charge >= 0.3 is 0 Å². The predicted octanol–water partition coefficient (Wildman–Crippen LogP) is 3.31. The fraction of sp³-hybridized carbons (Fsp3) is 0.214. The fourth-order valence-corrected chi connectivity index (χ4v) is 2.09. The Morgan fingerprint density at radius 3 is 2.72 bits per heavy atom. The zero-order chi connectivity index (χ0) is 13.0. The summed E-state index contributed by atoms with van der Waals surface area (Å²) in [6, 6.07) is 11.5. The molecule has 0 saturated carbocycles. The number of hydrogen-bond donors (Lipinski definition) is 1. The van der Waals surface area contributed by atoms with Crippen molar-refractivity contribution >= 4 is 15.9 Å². The third-order valence-electron chi connectivity index (χ3n) is 2.55. The van der Waals surface area contributed by atoms with E-state index < -0.39 is 0 Å². The van der Waals surface area contributed by atoms with Crippen LogP contribution in [0.4, 0.5) is 0 Å². The first-order valence-electron chi connectivity index (χ1n) is 5.74. The highest BCUT2D eigenvalue weighted by atomic mass is 79.9. The Kier molecular flexibility index (Phi) is 4.33. The zero-order valence-corrected chi connectivity index (χ0v) is 11.7. The third-order valence-corrected chi connectivity index (χ3v) is 3.04. The van der Waals surface area contributed by atoms with E-state index in [1.54, 1.807) is 12.4 Å². The second-order valence-corrected chi connectivity index (χ2v) is 5.06. The van der Waals surface area contributed by atoms with E-state index in [2.05, 4.69) is 20.9 Å². The molecule has 1 aromatic carbocycles. The van der Waals surface area contributed by atoms with Crippen LogP contribution in [-0.2, 0) is 0 Å². The molecule has 0 fully saturated rings. The molecule has 0 aliphatic carbocycles. The topological polar surface area (TPSA) is 48.1 Å². The highest BCUT2D eigenvalue weighted by Gasteiger charge is 2.18. The van der Waals surface area contributed by atoms with Crippen LogP contribution in [-0.4, -0.2) is 11.0 Å². The summed E-state index contributed by atoms with van der Waals surface area (Å²) in [5, 5.41) is 0. The number of ether oxygens (including phenoxy) is 1. The highest BCUT2D eigenvalue weighted by Crippen LogP contribution is 2.25. The molecular formula is C14H15BrN2O. The molecule has 1 aromatic heterocycles. The predicted molar refractivity (Wildman–Crippen MR) is 75.4 cm³/mol. The molecule has 0 aliphatic rings. The molecule has 0 aliphatic heterocycles. The minimum absolute atomic E-state index is 0.117. The lowest BCUT2D eigenvalue weighted by Gasteiger charge is -2.22. The van der Waals surface area contributed by atoms with Crippen LogP contribution in [0.25, 0.3) is 0 Å². The lowest BCUT2D eigenvalue weighted by atomic mass is 10.1. The van der Waals surface area contributed by atoms with Crippen molar-refractivity contribution < 1.29 is 4.74 Å². The Labute approximate surface area is 115 Å². The first kappa shape index (κ1) is 13.1. The summed E-state index contributed by atoms with van der Waals surface area (Å²) in [7, 11) is 0. The second-order valence-electron chi connectivity index (χ2n) is 4.14. The lowest BCUT2D eigenvalue weighted by molar-refractivity contribution is 0.180. The molecule has 1 heterocycles. The molecule has 0 saturated heterocycles. The fourth-order valence-electron chi connectivity index (χ4n) is 1.71. The molecule has 4 heteroatoms. The van der Waals surface area contributed by atoms with E-state index in [4.69, 9.17) is 10.5 Å². The van der Waals surface area contributed by atoms with Gasteiger partial charge in [0.1, 0.15) is 11.9 Å². The summed E-state index contributed by atoms with van der Waals surface area (Å²) < 4.78 is 6.93. The van der Waals surface area contributed by atoms with Crippen LogP contribution < -0.4 is 10.5 Å². The lowest BCUT2D eigenvalue weighted by Crippen LogP contribution is -2.29. The SMILES string of the molecule is CC(N)C(Oc1cccc(Br)c1)c1cccnc1. The standard InChI is InChI=1S/C14H15BrN2O/c1-10(16)14(11-4-3-7-17-9-11)18-13-6-2-5-12(15)8-13/h2-10,14H,16H2,1H3. The Bertz CT molecular complexity index is 502. The van der Waals surface area contributed by atoms with Gasteiger partial charge in [0.05, 0.1) is 0 Å². The molecule has 2 rings (SSSR count). The molecule has 2 unspecified atom stereocenters. The van der Waals surface area contributed by atoms with Crippen molar-refractivity contribution in [1.29, 1.82) is 0 Å². The molecule has 3 nitrogen and oxygen atoms in total. The van der Waals surface area contributed by atoms with Gasteiger partial charge in [-0.1, -0.05) is 28.1 Å². The Morgan fingerprint density at radius 2 is 2.11 bits per heavy atom. The first-order valence-corrected chi connectivity index (χ1v) is 6.54. The number of rotatable bonds is 4. The molecule has 94 valence electrons. The average Bonchev–Trinajstić information content (AvgIpc) is 2.37. The molecule has 2 aromatic rings. The van der Waals surface area contributed by atoms with Crippen LogP contribution in [0.1, 0.15) is 18.6 Å². The largest absolute Gasteiger partial charge is 0.484 e. The van der Waals surface area contributed by atoms with Gasteiger partial charge in [-0.05, 0) is 31.2 Å². The van der Waals surface area contributed by atoms with E-state index in [9.17, 15) is 0 Å². The Hall–Kier alpha value is -1.39. The van der Waals surface area contributed by atoms with Gasteiger partial charge in [-0.15, -0.1) is 0 Å². The summed E-state index contributed by atoms with van der Waals surface area (Å²) >= 11 is 3.42. The summed E-state index contributed by atoms with van der Waals surface area (Å²) in [4.78, 5) is 4.10. The van der Waals surface area contributed by atoms with Gasteiger partial charge < -0.3 is 10.5 Å². The minimum Gasteiger partial charge on any atom is -0.484 e. The molecule has 0 radical (unpaired) electrons. The Morgan fingerprint density at radius 1 is 1.28 bits per heavy atom. The third kappa shape index (κ3) is 3.31. The van der Waals surface area contributed by atoms with Crippen molar-refractivity contribution in [3.8, 4) is 5.75 Å². The van der Waals surface area contributed by atoms with Crippen LogP contribution in [0.3, 0.4) is 0 Å². The van der Waals surface area contributed by atoms with Crippen molar-refractivity contribution in [3.63, 3.8) is 0 Å². The quantitative estimate of drug-likeness (QED) is 0.942. The van der Waals surface area contributed by atoms with Gasteiger partial charge in [0.15, 0.2) is 0 Å². The van der Waals surface area contributed by atoms with E-state index in [1.807, 2.05) is 43.3 Å². The van der Waals surface area contributed by atoms with Gasteiger partial charge in [0.2, 0.25) is 0 Å². The maximum atomic E-state index is 5.99. The van der Waals surface area contributed by atoms with Crippen LogP contribution in [0, 0.1) is 0 Å². The minimum atomic E-state index is -0.201. The van der Waals surface area contributed by atoms with Crippen LogP contribution in [0.2, 0.25) is 0 Å². The number of nitrogens with two attached hydrogens (primary N) is 1. The molecule has 2 atom stereocenters. The van der Waals surface area contributed by atoms with Crippen molar-refractivity contribution in [2.75, 3.05) is 0 Å². The number of nitrogens with zero attached hydrogens (tertiary/aromatic N) is 1. The van der Waals surface area contributed by atoms with Crippen LogP contribution in [0.15, 0.2) is 53.3 Å². The van der Waals surface area contributed by atoms with Crippen LogP contribution in [0.5, 0.6) is 5.75 Å². The van der Waals surface area contributed by atoms with Crippen LogP contribution >= 0.6 is 15.9 Å². The molecule has 2 N–H and O–H groups in total. The van der Waals surface area contributed by atoms with E-state index in [-0.39, 0.29) is 12.1 Å². The first-order chi connectivity index (χ1) is 8.66. The maximum Gasteiger partial charge on any atom is 0.140 e. The average molecular weight is 307 g/mol. The smallest absolute Gasteiger partial charge is 0.140 e. The Balaban J connectivity index is 2.22. The van der Waals surface area contributed by atoms with Crippen molar-refractivity contribution in [2.24, 2.45) is 5.73 Å². The monoisotopic (exact) mass is 306 g/mol. The van der Waals surface area contributed by atoms with E-state index >= 15 is 0 Å². The molecule has 18 heavy (non-hydrogen) atoms. The van der Waals surface area contributed by atoms with E-state index in [1.165, 1.54) is 0 Å².